The lowest BCUT2D eigenvalue weighted by atomic mass is 10.1. The fourth-order valence-corrected chi connectivity index (χ4v) is 2.34. The minimum Gasteiger partial charge on any atom is -0.305 e. The van der Waals surface area contributed by atoms with E-state index in [0.29, 0.717) is 29.9 Å². The van der Waals surface area contributed by atoms with E-state index in [1.165, 1.54) is 0 Å². The third-order valence-electron chi connectivity index (χ3n) is 4.19. The summed E-state index contributed by atoms with van der Waals surface area (Å²) in [5, 5.41) is 11.8. The molecule has 2 rings (SSSR count). The number of amides is 1. The van der Waals surface area contributed by atoms with Crippen molar-refractivity contribution in [3.8, 4) is 0 Å². The van der Waals surface area contributed by atoms with Gasteiger partial charge in [-0.15, -0.1) is 0 Å². The Morgan fingerprint density at radius 1 is 1.26 bits per heavy atom. The molecule has 0 fully saturated rings. The van der Waals surface area contributed by atoms with Gasteiger partial charge in [0.25, 0.3) is 5.91 Å². The summed E-state index contributed by atoms with van der Waals surface area (Å²) in [7, 11) is 0. The van der Waals surface area contributed by atoms with Crippen molar-refractivity contribution in [1.82, 2.24) is 19.6 Å². The molecule has 2 heterocycles. The Bertz CT molecular complexity index is 668. The molecule has 0 spiro atoms. The summed E-state index contributed by atoms with van der Waals surface area (Å²) in [6.07, 6.45) is 1.71. The average Bonchev–Trinajstić information content (AvgIpc) is 3.12. The smallest absolute Gasteiger partial charge is 0.275 e. The second kappa shape index (κ2) is 6.98. The van der Waals surface area contributed by atoms with Gasteiger partial charge in [0, 0.05) is 12.6 Å². The molecule has 0 saturated carbocycles. The van der Waals surface area contributed by atoms with Crippen molar-refractivity contribution in [1.29, 1.82) is 0 Å². The standard InChI is InChI=1S/C17H27N5O/c1-7-21-15(10-14(20-21)12(4)5)17(23)19-16-8-9-18-22(16)13(6)11(2)3/h8-13H,7H2,1-6H3,(H,19,23)/t13-/m1/s1. The lowest BCUT2D eigenvalue weighted by Crippen LogP contribution is -2.22. The number of aryl methyl sites for hydroxylation is 1. The molecule has 6 nitrogen and oxygen atoms in total. The Hall–Kier alpha value is -2.11. The summed E-state index contributed by atoms with van der Waals surface area (Å²) in [6, 6.07) is 3.91. The highest BCUT2D eigenvalue weighted by Gasteiger charge is 2.19. The number of nitrogens with zero attached hydrogens (tertiary/aromatic N) is 4. The molecule has 1 N–H and O–H groups in total. The first-order chi connectivity index (χ1) is 10.8. The maximum Gasteiger partial charge on any atom is 0.275 e. The molecule has 2 aromatic rings. The highest BCUT2D eigenvalue weighted by atomic mass is 16.2. The molecule has 0 aliphatic rings. The molecule has 0 bridgehead atoms. The van der Waals surface area contributed by atoms with E-state index < -0.39 is 0 Å². The fourth-order valence-electron chi connectivity index (χ4n) is 2.34. The highest BCUT2D eigenvalue weighted by molar-refractivity contribution is 6.02. The number of carbonyl (C=O) groups is 1. The SMILES string of the molecule is CCn1nc(C(C)C)cc1C(=O)Nc1ccnn1[C@H](C)C(C)C. The number of carbonyl (C=O) groups excluding carboxylic acids is 1. The monoisotopic (exact) mass is 317 g/mol. The predicted molar refractivity (Wildman–Crippen MR) is 91.7 cm³/mol. The molecule has 0 aliphatic carbocycles. The van der Waals surface area contributed by atoms with Crippen LogP contribution in [0.3, 0.4) is 0 Å². The van der Waals surface area contributed by atoms with Gasteiger partial charge in [0.1, 0.15) is 11.5 Å². The van der Waals surface area contributed by atoms with Crippen LogP contribution >= 0.6 is 0 Å². The minimum atomic E-state index is -0.149. The zero-order valence-electron chi connectivity index (χ0n) is 14.9. The molecule has 0 aromatic carbocycles. The van der Waals surface area contributed by atoms with Crippen molar-refractivity contribution in [2.45, 2.75) is 60.0 Å². The number of anilines is 1. The number of hydrogen-bond donors (Lipinski definition) is 1. The molecular formula is C17H27N5O. The van der Waals surface area contributed by atoms with Crippen LogP contribution in [0.25, 0.3) is 0 Å². The van der Waals surface area contributed by atoms with Gasteiger partial charge in [-0.3, -0.25) is 9.48 Å². The van der Waals surface area contributed by atoms with E-state index in [0.717, 1.165) is 5.69 Å². The van der Waals surface area contributed by atoms with Gasteiger partial charge >= 0.3 is 0 Å². The number of hydrogen-bond acceptors (Lipinski definition) is 3. The summed E-state index contributed by atoms with van der Waals surface area (Å²) in [4.78, 5) is 12.7. The van der Waals surface area contributed by atoms with Crippen LogP contribution in [0, 0.1) is 5.92 Å². The van der Waals surface area contributed by atoms with Gasteiger partial charge in [0.15, 0.2) is 0 Å². The second-order valence-electron chi connectivity index (χ2n) is 6.52. The maximum atomic E-state index is 12.7. The van der Waals surface area contributed by atoms with Crippen LogP contribution in [-0.2, 0) is 6.54 Å². The van der Waals surface area contributed by atoms with Crippen LogP contribution in [-0.4, -0.2) is 25.5 Å². The van der Waals surface area contributed by atoms with Crippen molar-refractivity contribution in [2.75, 3.05) is 5.32 Å². The third kappa shape index (κ3) is 3.63. The summed E-state index contributed by atoms with van der Waals surface area (Å²) in [5.41, 5.74) is 1.52. The summed E-state index contributed by atoms with van der Waals surface area (Å²) in [6.45, 7) is 13.2. The summed E-state index contributed by atoms with van der Waals surface area (Å²) < 4.78 is 3.61. The normalized spacial score (nSPS) is 12.9. The van der Waals surface area contributed by atoms with Crippen LogP contribution in [0.5, 0.6) is 0 Å². The van der Waals surface area contributed by atoms with Crippen molar-refractivity contribution in [3.63, 3.8) is 0 Å². The lowest BCUT2D eigenvalue weighted by molar-refractivity contribution is 0.101. The molecule has 2 aromatic heterocycles. The van der Waals surface area contributed by atoms with Gasteiger partial charge in [-0.25, -0.2) is 4.68 Å². The van der Waals surface area contributed by atoms with Crippen LogP contribution < -0.4 is 5.32 Å². The van der Waals surface area contributed by atoms with Gasteiger partial charge in [0.2, 0.25) is 0 Å². The quantitative estimate of drug-likeness (QED) is 0.883. The Morgan fingerprint density at radius 3 is 2.52 bits per heavy atom. The van der Waals surface area contributed by atoms with Gasteiger partial charge in [0.05, 0.1) is 17.9 Å². The Kier molecular flexibility index (Phi) is 5.23. The van der Waals surface area contributed by atoms with Crippen molar-refractivity contribution < 1.29 is 4.79 Å². The first kappa shape index (κ1) is 17.2. The molecule has 0 radical (unpaired) electrons. The molecule has 126 valence electrons. The first-order valence-electron chi connectivity index (χ1n) is 8.27. The van der Waals surface area contributed by atoms with Crippen molar-refractivity contribution >= 4 is 11.7 Å². The molecule has 6 heteroatoms. The molecule has 0 aliphatic heterocycles. The van der Waals surface area contributed by atoms with E-state index >= 15 is 0 Å². The zero-order chi connectivity index (χ0) is 17.1. The van der Waals surface area contributed by atoms with Crippen LogP contribution in [0.1, 0.15) is 69.7 Å². The van der Waals surface area contributed by atoms with Crippen molar-refractivity contribution in [3.05, 3.63) is 29.7 Å². The largest absolute Gasteiger partial charge is 0.305 e. The molecule has 23 heavy (non-hydrogen) atoms. The lowest BCUT2D eigenvalue weighted by Gasteiger charge is -2.19. The average molecular weight is 317 g/mol. The second-order valence-corrected chi connectivity index (χ2v) is 6.52. The van der Waals surface area contributed by atoms with Crippen LogP contribution in [0.2, 0.25) is 0 Å². The van der Waals surface area contributed by atoms with Crippen molar-refractivity contribution in [2.24, 2.45) is 5.92 Å². The Morgan fingerprint density at radius 2 is 1.96 bits per heavy atom. The van der Waals surface area contributed by atoms with Crippen LogP contribution in [0.15, 0.2) is 18.3 Å². The van der Waals surface area contributed by atoms with E-state index in [2.05, 4.69) is 50.1 Å². The summed E-state index contributed by atoms with van der Waals surface area (Å²) >= 11 is 0. The number of aromatic nitrogens is 4. The summed E-state index contributed by atoms with van der Waals surface area (Å²) in [5.74, 6) is 1.29. The van der Waals surface area contributed by atoms with Gasteiger partial charge in [-0.2, -0.15) is 10.2 Å². The minimum absolute atomic E-state index is 0.149. The maximum absolute atomic E-state index is 12.7. The highest BCUT2D eigenvalue weighted by Crippen LogP contribution is 2.22. The van der Waals surface area contributed by atoms with E-state index in [1.807, 2.05) is 23.7 Å². The Labute approximate surface area is 137 Å². The van der Waals surface area contributed by atoms with E-state index in [4.69, 9.17) is 0 Å². The van der Waals surface area contributed by atoms with E-state index in [1.54, 1.807) is 10.9 Å². The number of nitrogens with one attached hydrogen (secondary N) is 1. The third-order valence-corrected chi connectivity index (χ3v) is 4.19. The molecule has 1 atom stereocenters. The molecular weight excluding hydrogens is 290 g/mol. The molecule has 1 amide bonds. The zero-order valence-corrected chi connectivity index (χ0v) is 14.9. The topological polar surface area (TPSA) is 64.7 Å². The van der Waals surface area contributed by atoms with E-state index in [-0.39, 0.29) is 11.9 Å². The van der Waals surface area contributed by atoms with Gasteiger partial charge < -0.3 is 5.32 Å². The Balaban J connectivity index is 2.25. The fraction of sp³-hybridized carbons (Fsp3) is 0.588. The molecule has 0 unspecified atom stereocenters. The van der Waals surface area contributed by atoms with E-state index in [9.17, 15) is 4.79 Å². The predicted octanol–water partition coefficient (Wildman–Crippen LogP) is 3.69. The van der Waals surface area contributed by atoms with Crippen LogP contribution in [0.4, 0.5) is 5.82 Å². The molecule has 0 saturated heterocycles. The number of rotatable bonds is 6. The first-order valence-corrected chi connectivity index (χ1v) is 8.27. The van der Waals surface area contributed by atoms with Gasteiger partial charge in [-0.1, -0.05) is 27.7 Å². The van der Waals surface area contributed by atoms with Gasteiger partial charge in [-0.05, 0) is 31.7 Å².